The Morgan fingerprint density at radius 3 is 2.57 bits per heavy atom. The molecule has 2 heteroatoms. The largest absolute Gasteiger partial charge is 0.353 e. The van der Waals surface area contributed by atoms with Crippen LogP contribution < -0.4 is 5.32 Å². The van der Waals surface area contributed by atoms with Crippen molar-refractivity contribution in [1.29, 1.82) is 0 Å². The van der Waals surface area contributed by atoms with Crippen LogP contribution in [0.2, 0.25) is 0 Å². The van der Waals surface area contributed by atoms with Gasteiger partial charge in [-0.15, -0.1) is 0 Å². The van der Waals surface area contributed by atoms with E-state index in [1.165, 1.54) is 64.2 Å². The molecule has 4 aliphatic rings. The highest BCUT2D eigenvalue weighted by Crippen LogP contribution is 2.69. The first-order chi connectivity index (χ1) is 13.2. The summed E-state index contributed by atoms with van der Waals surface area (Å²) in [6.07, 6.45) is 15.8. The van der Waals surface area contributed by atoms with Crippen molar-refractivity contribution in [3.63, 3.8) is 0 Å². The molecule has 4 fully saturated rings. The van der Waals surface area contributed by atoms with Crippen molar-refractivity contribution in [3.05, 3.63) is 0 Å². The highest BCUT2D eigenvalue weighted by molar-refractivity contribution is 5.77. The molecule has 4 rings (SSSR count). The summed E-state index contributed by atoms with van der Waals surface area (Å²) in [6, 6.07) is 0.413. The quantitative estimate of drug-likeness (QED) is 0.521. The summed E-state index contributed by atoms with van der Waals surface area (Å²) in [5.41, 5.74) is 1.34. The van der Waals surface area contributed by atoms with Crippen LogP contribution in [0.1, 0.15) is 112 Å². The molecule has 0 aromatic rings. The van der Waals surface area contributed by atoms with Gasteiger partial charge in [0.15, 0.2) is 0 Å². The van der Waals surface area contributed by atoms with Crippen molar-refractivity contribution >= 4 is 5.91 Å². The zero-order chi connectivity index (χ0) is 20.2. The Bertz CT molecular complexity index is 599. The van der Waals surface area contributed by atoms with E-state index in [0.717, 1.165) is 36.5 Å². The molecule has 3 saturated carbocycles. The number of nitrogens with one attached hydrogen (secondary N) is 1. The number of piperidine rings is 1. The van der Waals surface area contributed by atoms with Crippen LogP contribution in [0.4, 0.5) is 0 Å². The van der Waals surface area contributed by atoms with Gasteiger partial charge in [0.2, 0.25) is 5.91 Å². The molecule has 2 unspecified atom stereocenters. The van der Waals surface area contributed by atoms with Crippen LogP contribution >= 0.6 is 0 Å². The summed E-state index contributed by atoms with van der Waals surface area (Å²) in [5, 5.41) is 3.49. The van der Waals surface area contributed by atoms with E-state index in [1.54, 1.807) is 0 Å². The van der Waals surface area contributed by atoms with Gasteiger partial charge in [-0.2, -0.15) is 0 Å². The highest BCUT2D eigenvalue weighted by Gasteiger charge is 2.63. The van der Waals surface area contributed by atoms with Crippen molar-refractivity contribution in [2.24, 2.45) is 39.9 Å². The molecule has 28 heavy (non-hydrogen) atoms. The SMILES string of the molecule is CC(C)CCCCC1(C)CC2NC(=O)CC[C@]2(C)[C@@H]2CC[C@]3(C)CCC[C@H]3[C@@H]21. The van der Waals surface area contributed by atoms with Crippen molar-refractivity contribution in [2.75, 3.05) is 0 Å². The lowest BCUT2D eigenvalue weighted by molar-refractivity contribution is -0.162. The molecule has 0 aromatic carbocycles. The fourth-order valence-electron chi connectivity index (χ4n) is 8.51. The number of fused-ring (bicyclic) bond motifs is 5. The normalized spacial score (nSPS) is 48.0. The molecule has 2 nitrogen and oxygen atoms in total. The Morgan fingerprint density at radius 2 is 1.82 bits per heavy atom. The molecule has 7 atom stereocenters. The predicted octanol–water partition coefficient (Wildman–Crippen LogP) is 6.73. The molecule has 1 amide bonds. The maximum absolute atomic E-state index is 12.3. The first-order valence-electron chi connectivity index (χ1n) is 12.5. The summed E-state index contributed by atoms with van der Waals surface area (Å²) in [6.45, 7) is 12.5. The van der Waals surface area contributed by atoms with Crippen LogP contribution in [0, 0.1) is 39.9 Å². The van der Waals surface area contributed by atoms with E-state index in [2.05, 4.69) is 39.9 Å². The minimum absolute atomic E-state index is 0.310. The average Bonchev–Trinajstić information content (AvgIpc) is 3.02. The molecular formula is C26H45NO. The Balaban J connectivity index is 1.62. The van der Waals surface area contributed by atoms with E-state index in [9.17, 15) is 4.79 Å². The summed E-state index contributed by atoms with van der Waals surface area (Å²) < 4.78 is 0. The van der Waals surface area contributed by atoms with Gasteiger partial charge in [-0.1, -0.05) is 60.3 Å². The number of amides is 1. The lowest BCUT2D eigenvalue weighted by Crippen LogP contribution is -2.65. The molecule has 1 saturated heterocycles. The summed E-state index contributed by atoms with van der Waals surface area (Å²) in [5.74, 6) is 3.75. The van der Waals surface area contributed by atoms with Gasteiger partial charge < -0.3 is 5.32 Å². The van der Waals surface area contributed by atoms with Gasteiger partial charge in [0.1, 0.15) is 0 Å². The van der Waals surface area contributed by atoms with Gasteiger partial charge in [0.25, 0.3) is 0 Å². The van der Waals surface area contributed by atoms with E-state index >= 15 is 0 Å². The third-order valence-corrected chi connectivity index (χ3v) is 10.2. The van der Waals surface area contributed by atoms with Gasteiger partial charge in [-0.05, 0) is 84.9 Å². The fourth-order valence-corrected chi connectivity index (χ4v) is 8.51. The summed E-state index contributed by atoms with van der Waals surface area (Å²) in [4.78, 5) is 12.3. The van der Waals surface area contributed by atoms with Gasteiger partial charge >= 0.3 is 0 Å². The third-order valence-electron chi connectivity index (χ3n) is 10.2. The average molecular weight is 388 g/mol. The molecule has 0 radical (unpaired) electrons. The molecule has 0 bridgehead atoms. The number of carbonyl (C=O) groups excluding carboxylic acids is 1. The molecule has 1 aliphatic heterocycles. The number of hydrogen-bond donors (Lipinski definition) is 1. The second-order valence-electron chi connectivity index (χ2n) is 12.4. The van der Waals surface area contributed by atoms with Crippen molar-refractivity contribution in [2.45, 2.75) is 118 Å². The predicted molar refractivity (Wildman–Crippen MR) is 117 cm³/mol. The van der Waals surface area contributed by atoms with E-state index < -0.39 is 0 Å². The maximum atomic E-state index is 12.3. The van der Waals surface area contributed by atoms with E-state index in [1.807, 2.05) is 0 Å². The minimum Gasteiger partial charge on any atom is -0.353 e. The van der Waals surface area contributed by atoms with Gasteiger partial charge in [0, 0.05) is 12.5 Å². The van der Waals surface area contributed by atoms with Crippen LogP contribution in [0.3, 0.4) is 0 Å². The first-order valence-corrected chi connectivity index (χ1v) is 12.5. The number of carbonyl (C=O) groups is 1. The van der Waals surface area contributed by atoms with Crippen LogP contribution in [0.25, 0.3) is 0 Å². The molecule has 3 aliphatic carbocycles. The summed E-state index contributed by atoms with van der Waals surface area (Å²) in [7, 11) is 0. The molecule has 0 spiro atoms. The second kappa shape index (κ2) is 7.31. The Kier molecular flexibility index (Phi) is 5.41. The molecule has 0 aromatic heterocycles. The van der Waals surface area contributed by atoms with E-state index in [0.29, 0.717) is 28.2 Å². The van der Waals surface area contributed by atoms with Crippen LogP contribution in [-0.4, -0.2) is 11.9 Å². The standard InChI is InChI=1S/C26H45NO/c1-18(2)9-6-7-13-25(4)17-21-26(5,16-12-22(28)27-21)20-11-15-24(3)14-8-10-19(24)23(20)25/h18-21,23H,6-17H2,1-5H3,(H,27,28)/t19-,20+,21?,23-,24-,25?,26+/m0/s1. The summed E-state index contributed by atoms with van der Waals surface area (Å²) >= 11 is 0. The molecule has 160 valence electrons. The Hall–Kier alpha value is -0.530. The maximum Gasteiger partial charge on any atom is 0.220 e. The zero-order valence-corrected chi connectivity index (χ0v) is 19.3. The molecule has 1 heterocycles. The van der Waals surface area contributed by atoms with E-state index in [-0.39, 0.29) is 0 Å². The lowest BCUT2D eigenvalue weighted by Gasteiger charge is -2.65. The Labute approximate surface area is 174 Å². The van der Waals surface area contributed by atoms with Crippen LogP contribution in [-0.2, 0) is 4.79 Å². The van der Waals surface area contributed by atoms with Gasteiger partial charge in [-0.3, -0.25) is 4.79 Å². The number of unbranched alkanes of at least 4 members (excludes halogenated alkanes) is 1. The first kappa shape index (κ1) is 20.7. The van der Waals surface area contributed by atoms with E-state index in [4.69, 9.17) is 0 Å². The van der Waals surface area contributed by atoms with Gasteiger partial charge in [0.05, 0.1) is 0 Å². The number of rotatable bonds is 5. The van der Waals surface area contributed by atoms with Crippen molar-refractivity contribution in [1.82, 2.24) is 5.32 Å². The number of hydrogen-bond acceptors (Lipinski definition) is 1. The minimum atomic E-state index is 0.310. The second-order valence-corrected chi connectivity index (χ2v) is 12.4. The van der Waals surface area contributed by atoms with Gasteiger partial charge in [-0.25, -0.2) is 0 Å². The van der Waals surface area contributed by atoms with Crippen LogP contribution in [0.15, 0.2) is 0 Å². The van der Waals surface area contributed by atoms with Crippen molar-refractivity contribution in [3.8, 4) is 0 Å². The molecule has 1 N–H and O–H groups in total. The van der Waals surface area contributed by atoms with Crippen LogP contribution in [0.5, 0.6) is 0 Å². The lowest BCUT2D eigenvalue weighted by atomic mass is 9.41. The Morgan fingerprint density at radius 1 is 1.04 bits per heavy atom. The molecular weight excluding hydrogens is 342 g/mol. The zero-order valence-electron chi connectivity index (χ0n) is 19.3. The topological polar surface area (TPSA) is 29.1 Å². The highest BCUT2D eigenvalue weighted by atomic mass is 16.1. The fraction of sp³-hybridized carbons (Fsp3) is 0.962. The van der Waals surface area contributed by atoms with Crippen molar-refractivity contribution < 1.29 is 4.79 Å². The smallest absolute Gasteiger partial charge is 0.220 e. The third kappa shape index (κ3) is 3.35. The monoisotopic (exact) mass is 387 g/mol.